The SMILES string of the molecule is CC[C@@H](O)CNC(c1ccc2c(c1)OCCO2)C1CC1. The number of aliphatic hydroxyl groups excluding tert-OH is 1. The maximum absolute atomic E-state index is 9.74. The summed E-state index contributed by atoms with van der Waals surface area (Å²) in [6.45, 7) is 3.89. The molecule has 20 heavy (non-hydrogen) atoms. The van der Waals surface area contributed by atoms with Gasteiger partial charge in [0, 0.05) is 12.6 Å². The van der Waals surface area contributed by atoms with Crippen molar-refractivity contribution in [2.24, 2.45) is 5.92 Å². The van der Waals surface area contributed by atoms with Crippen molar-refractivity contribution in [1.29, 1.82) is 0 Å². The predicted molar refractivity (Wildman–Crippen MR) is 77.2 cm³/mol. The van der Waals surface area contributed by atoms with E-state index in [1.807, 2.05) is 13.0 Å². The lowest BCUT2D eigenvalue weighted by atomic mass is 10.0. The van der Waals surface area contributed by atoms with Crippen LogP contribution in [-0.2, 0) is 0 Å². The molecule has 0 saturated heterocycles. The van der Waals surface area contributed by atoms with E-state index in [2.05, 4.69) is 17.4 Å². The first-order valence-corrected chi connectivity index (χ1v) is 7.59. The Balaban J connectivity index is 1.73. The number of fused-ring (bicyclic) bond motifs is 1. The third-order valence-electron chi connectivity index (χ3n) is 4.06. The van der Waals surface area contributed by atoms with Crippen molar-refractivity contribution in [3.05, 3.63) is 23.8 Å². The van der Waals surface area contributed by atoms with Gasteiger partial charge in [0.25, 0.3) is 0 Å². The Morgan fingerprint density at radius 2 is 2.00 bits per heavy atom. The number of hydrogen-bond donors (Lipinski definition) is 2. The standard InChI is InChI=1S/C16H23NO3/c1-2-13(18)10-17-16(11-3-4-11)12-5-6-14-15(9-12)20-8-7-19-14/h5-6,9,11,13,16-18H,2-4,7-8,10H2,1H3/t13-,16?/m1/s1. The second-order valence-electron chi connectivity index (χ2n) is 5.69. The fourth-order valence-electron chi connectivity index (χ4n) is 2.65. The zero-order chi connectivity index (χ0) is 13.9. The van der Waals surface area contributed by atoms with Crippen LogP contribution in [0.25, 0.3) is 0 Å². The summed E-state index contributed by atoms with van der Waals surface area (Å²) >= 11 is 0. The van der Waals surface area contributed by atoms with Crippen LogP contribution >= 0.6 is 0 Å². The van der Waals surface area contributed by atoms with E-state index in [0.29, 0.717) is 31.7 Å². The molecule has 1 heterocycles. The minimum atomic E-state index is -0.270. The highest BCUT2D eigenvalue weighted by molar-refractivity contribution is 5.45. The van der Waals surface area contributed by atoms with Gasteiger partial charge in [0.15, 0.2) is 11.5 Å². The minimum Gasteiger partial charge on any atom is -0.486 e. The van der Waals surface area contributed by atoms with Gasteiger partial charge in [-0.1, -0.05) is 13.0 Å². The first-order chi connectivity index (χ1) is 9.78. The molecule has 1 aromatic rings. The van der Waals surface area contributed by atoms with Crippen LogP contribution in [0.3, 0.4) is 0 Å². The van der Waals surface area contributed by atoms with Crippen molar-refractivity contribution in [3.8, 4) is 11.5 Å². The topological polar surface area (TPSA) is 50.7 Å². The second kappa shape index (κ2) is 6.02. The lowest BCUT2D eigenvalue weighted by molar-refractivity contribution is 0.160. The Labute approximate surface area is 120 Å². The molecule has 1 aromatic carbocycles. The summed E-state index contributed by atoms with van der Waals surface area (Å²) < 4.78 is 11.2. The van der Waals surface area contributed by atoms with E-state index in [0.717, 1.165) is 17.9 Å². The quantitative estimate of drug-likeness (QED) is 0.837. The highest BCUT2D eigenvalue weighted by Crippen LogP contribution is 2.43. The highest BCUT2D eigenvalue weighted by atomic mass is 16.6. The first kappa shape index (κ1) is 13.7. The van der Waals surface area contributed by atoms with Crippen LogP contribution in [0, 0.1) is 5.92 Å². The van der Waals surface area contributed by atoms with E-state index >= 15 is 0 Å². The fourth-order valence-corrected chi connectivity index (χ4v) is 2.65. The number of rotatable bonds is 6. The van der Waals surface area contributed by atoms with Gasteiger partial charge in [-0.25, -0.2) is 0 Å². The molecule has 2 atom stereocenters. The summed E-state index contributed by atoms with van der Waals surface area (Å²) in [7, 11) is 0. The van der Waals surface area contributed by atoms with Crippen LogP contribution in [0.1, 0.15) is 37.8 Å². The molecule has 0 aromatic heterocycles. The van der Waals surface area contributed by atoms with Crippen LogP contribution in [0.5, 0.6) is 11.5 Å². The van der Waals surface area contributed by atoms with Crippen molar-refractivity contribution >= 4 is 0 Å². The molecule has 2 aliphatic rings. The molecule has 0 bridgehead atoms. The molecule has 0 amide bonds. The van der Waals surface area contributed by atoms with Gasteiger partial charge in [0.1, 0.15) is 13.2 Å². The van der Waals surface area contributed by atoms with E-state index in [-0.39, 0.29) is 6.10 Å². The van der Waals surface area contributed by atoms with Crippen molar-refractivity contribution in [3.63, 3.8) is 0 Å². The third kappa shape index (κ3) is 3.07. The molecule has 0 spiro atoms. The molecule has 2 N–H and O–H groups in total. The maximum atomic E-state index is 9.74. The second-order valence-corrected chi connectivity index (χ2v) is 5.69. The van der Waals surface area contributed by atoms with Crippen molar-refractivity contribution in [1.82, 2.24) is 5.32 Å². The number of ether oxygens (including phenoxy) is 2. The summed E-state index contributed by atoms with van der Waals surface area (Å²) in [6.07, 6.45) is 3.03. The van der Waals surface area contributed by atoms with Gasteiger partial charge < -0.3 is 19.9 Å². The molecule has 1 fully saturated rings. The Morgan fingerprint density at radius 3 is 2.70 bits per heavy atom. The van der Waals surface area contributed by atoms with Crippen molar-refractivity contribution < 1.29 is 14.6 Å². The lowest BCUT2D eigenvalue weighted by Crippen LogP contribution is -2.31. The summed E-state index contributed by atoms with van der Waals surface area (Å²) in [5.74, 6) is 2.36. The van der Waals surface area contributed by atoms with E-state index in [1.54, 1.807) is 0 Å². The van der Waals surface area contributed by atoms with Gasteiger partial charge in [0.2, 0.25) is 0 Å². The van der Waals surface area contributed by atoms with E-state index in [1.165, 1.54) is 18.4 Å². The van der Waals surface area contributed by atoms with Gasteiger partial charge >= 0.3 is 0 Å². The van der Waals surface area contributed by atoms with Gasteiger partial charge in [-0.05, 0) is 42.9 Å². The third-order valence-corrected chi connectivity index (χ3v) is 4.06. The van der Waals surface area contributed by atoms with Crippen LogP contribution in [-0.4, -0.2) is 31.0 Å². The van der Waals surface area contributed by atoms with Crippen LogP contribution in [0.15, 0.2) is 18.2 Å². The normalized spacial score (nSPS) is 20.5. The monoisotopic (exact) mass is 277 g/mol. The molecular weight excluding hydrogens is 254 g/mol. The molecule has 1 aliphatic carbocycles. The highest BCUT2D eigenvalue weighted by Gasteiger charge is 2.33. The molecule has 4 heteroatoms. The van der Waals surface area contributed by atoms with Crippen LogP contribution in [0.4, 0.5) is 0 Å². The number of hydrogen-bond acceptors (Lipinski definition) is 4. The first-order valence-electron chi connectivity index (χ1n) is 7.59. The molecule has 1 aliphatic heterocycles. The number of aliphatic hydroxyl groups is 1. The Kier molecular flexibility index (Phi) is 4.13. The largest absolute Gasteiger partial charge is 0.486 e. The molecule has 1 unspecified atom stereocenters. The van der Waals surface area contributed by atoms with Crippen molar-refractivity contribution in [2.45, 2.75) is 38.3 Å². The van der Waals surface area contributed by atoms with Crippen LogP contribution < -0.4 is 14.8 Å². The van der Waals surface area contributed by atoms with Gasteiger partial charge in [0.05, 0.1) is 6.10 Å². The van der Waals surface area contributed by atoms with Crippen LogP contribution in [0.2, 0.25) is 0 Å². The molecule has 110 valence electrons. The molecule has 1 saturated carbocycles. The zero-order valence-corrected chi connectivity index (χ0v) is 12.0. The average Bonchev–Trinajstić information content (AvgIpc) is 3.32. The predicted octanol–water partition coefficient (Wildman–Crippen LogP) is 2.27. The molecule has 4 nitrogen and oxygen atoms in total. The lowest BCUT2D eigenvalue weighted by Gasteiger charge is -2.24. The average molecular weight is 277 g/mol. The number of nitrogens with one attached hydrogen (secondary N) is 1. The van der Waals surface area contributed by atoms with E-state index in [4.69, 9.17) is 9.47 Å². The Morgan fingerprint density at radius 1 is 1.25 bits per heavy atom. The molecular formula is C16H23NO3. The van der Waals surface area contributed by atoms with E-state index in [9.17, 15) is 5.11 Å². The Bertz CT molecular complexity index is 459. The van der Waals surface area contributed by atoms with Crippen molar-refractivity contribution in [2.75, 3.05) is 19.8 Å². The molecule has 3 rings (SSSR count). The summed E-state index contributed by atoms with van der Waals surface area (Å²) in [6, 6.07) is 6.51. The van der Waals surface area contributed by atoms with Gasteiger partial charge in [-0.15, -0.1) is 0 Å². The smallest absolute Gasteiger partial charge is 0.161 e. The summed E-state index contributed by atoms with van der Waals surface area (Å²) in [5, 5.41) is 13.2. The minimum absolute atomic E-state index is 0.270. The fraction of sp³-hybridized carbons (Fsp3) is 0.625. The summed E-state index contributed by atoms with van der Waals surface area (Å²) in [4.78, 5) is 0. The van der Waals surface area contributed by atoms with Gasteiger partial charge in [-0.2, -0.15) is 0 Å². The molecule has 0 radical (unpaired) electrons. The zero-order valence-electron chi connectivity index (χ0n) is 12.0. The van der Waals surface area contributed by atoms with Gasteiger partial charge in [-0.3, -0.25) is 0 Å². The number of benzene rings is 1. The maximum Gasteiger partial charge on any atom is 0.161 e. The summed E-state index contributed by atoms with van der Waals surface area (Å²) in [5.41, 5.74) is 1.24. The van der Waals surface area contributed by atoms with E-state index < -0.39 is 0 Å². The Hall–Kier alpha value is -1.26.